The molecule has 0 bridgehead atoms. The number of aromatic nitrogens is 2. The summed E-state index contributed by atoms with van der Waals surface area (Å²) in [6.07, 6.45) is 0.663. The molecular weight excluding hydrogens is 266 g/mol. The van der Waals surface area contributed by atoms with Gasteiger partial charge in [-0.25, -0.2) is 0 Å². The van der Waals surface area contributed by atoms with Gasteiger partial charge in [-0.1, -0.05) is 13.0 Å². The zero-order valence-electron chi connectivity index (χ0n) is 12.3. The second-order valence-corrected chi connectivity index (χ2v) is 4.78. The van der Waals surface area contributed by atoms with Crippen molar-refractivity contribution in [1.82, 2.24) is 9.78 Å². The zero-order chi connectivity index (χ0) is 15.6. The van der Waals surface area contributed by atoms with E-state index in [1.54, 1.807) is 25.2 Å². The summed E-state index contributed by atoms with van der Waals surface area (Å²) < 4.78 is 1.48. The summed E-state index contributed by atoms with van der Waals surface area (Å²) in [4.78, 5) is 12.4. The fourth-order valence-corrected chi connectivity index (χ4v) is 2.13. The highest BCUT2D eigenvalue weighted by atomic mass is 16.2. The Morgan fingerprint density at radius 1 is 1.52 bits per heavy atom. The number of rotatable bonds is 3. The number of amides is 1. The molecule has 0 saturated carbocycles. The van der Waals surface area contributed by atoms with Gasteiger partial charge in [0.05, 0.1) is 23.0 Å². The maximum atomic E-state index is 12.4. The molecular formula is C15H17N5O. The number of nitrogens with zero attached hydrogens (tertiary/aromatic N) is 3. The van der Waals surface area contributed by atoms with Crippen LogP contribution in [0.1, 0.15) is 34.2 Å². The van der Waals surface area contributed by atoms with E-state index in [4.69, 9.17) is 11.0 Å². The maximum Gasteiger partial charge on any atom is 0.276 e. The molecule has 1 aromatic heterocycles. The first-order valence-electron chi connectivity index (χ1n) is 6.61. The molecule has 0 atom stereocenters. The number of nitriles is 1. The van der Waals surface area contributed by atoms with E-state index in [-0.39, 0.29) is 5.91 Å². The molecule has 0 aliphatic heterocycles. The smallest absolute Gasteiger partial charge is 0.276 e. The second kappa shape index (κ2) is 5.67. The average molecular weight is 283 g/mol. The van der Waals surface area contributed by atoms with E-state index < -0.39 is 0 Å². The molecule has 1 heterocycles. The van der Waals surface area contributed by atoms with Gasteiger partial charge in [-0.2, -0.15) is 10.4 Å². The van der Waals surface area contributed by atoms with Crippen molar-refractivity contribution < 1.29 is 4.79 Å². The quantitative estimate of drug-likeness (QED) is 0.900. The number of hydrogen-bond donors (Lipinski definition) is 2. The summed E-state index contributed by atoms with van der Waals surface area (Å²) in [6, 6.07) is 7.19. The van der Waals surface area contributed by atoms with E-state index in [1.807, 2.05) is 13.8 Å². The molecule has 21 heavy (non-hydrogen) atoms. The van der Waals surface area contributed by atoms with Crippen LogP contribution in [0.2, 0.25) is 0 Å². The maximum absolute atomic E-state index is 12.4. The van der Waals surface area contributed by atoms with Crippen molar-refractivity contribution in [1.29, 1.82) is 5.26 Å². The van der Waals surface area contributed by atoms with E-state index >= 15 is 0 Å². The third kappa shape index (κ3) is 2.72. The molecule has 6 nitrogen and oxygen atoms in total. The number of benzene rings is 1. The van der Waals surface area contributed by atoms with Crippen LogP contribution in [0, 0.1) is 18.3 Å². The first-order valence-corrected chi connectivity index (χ1v) is 6.61. The first kappa shape index (κ1) is 14.6. The molecule has 108 valence electrons. The fourth-order valence-electron chi connectivity index (χ4n) is 2.13. The van der Waals surface area contributed by atoms with Crippen LogP contribution < -0.4 is 11.1 Å². The number of carbonyl (C=O) groups is 1. The summed E-state index contributed by atoms with van der Waals surface area (Å²) in [7, 11) is 1.68. The van der Waals surface area contributed by atoms with Crippen LogP contribution in [0.5, 0.6) is 0 Å². The molecule has 0 aliphatic carbocycles. The number of hydrogen-bond acceptors (Lipinski definition) is 4. The summed E-state index contributed by atoms with van der Waals surface area (Å²) in [5.74, 6) is -0.333. The van der Waals surface area contributed by atoms with Gasteiger partial charge in [-0.3, -0.25) is 9.48 Å². The van der Waals surface area contributed by atoms with Crippen LogP contribution in [0.25, 0.3) is 0 Å². The first-order chi connectivity index (χ1) is 9.97. The standard InChI is InChI=1S/C15H17N5O/c1-4-11-13(17)14(20(3)19-11)15(21)18-12-7-10(8-16)6-5-9(12)2/h5-7H,4,17H2,1-3H3,(H,18,21). The summed E-state index contributed by atoms with van der Waals surface area (Å²) >= 11 is 0. The van der Waals surface area contributed by atoms with Crippen molar-refractivity contribution in [3.63, 3.8) is 0 Å². The third-order valence-corrected chi connectivity index (χ3v) is 3.33. The topological polar surface area (TPSA) is 96.7 Å². The summed E-state index contributed by atoms with van der Waals surface area (Å²) in [5, 5.41) is 15.9. The van der Waals surface area contributed by atoms with Crippen LogP contribution in [0.3, 0.4) is 0 Å². The van der Waals surface area contributed by atoms with Gasteiger partial charge < -0.3 is 11.1 Å². The van der Waals surface area contributed by atoms with Crippen molar-refractivity contribution in [3.8, 4) is 6.07 Å². The number of anilines is 2. The van der Waals surface area contributed by atoms with Gasteiger partial charge in [0.15, 0.2) is 0 Å². The molecule has 0 saturated heterocycles. The van der Waals surface area contributed by atoms with E-state index in [1.165, 1.54) is 4.68 Å². The number of nitrogens with two attached hydrogens (primary N) is 1. The number of aryl methyl sites for hydroxylation is 3. The Labute approximate surface area is 123 Å². The predicted molar refractivity (Wildman–Crippen MR) is 80.8 cm³/mol. The second-order valence-electron chi connectivity index (χ2n) is 4.78. The SMILES string of the molecule is CCc1nn(C)c(C(=O)Nc2cc(C#N)ccc2C)c1N. The fraction of sp³-hybridized carbons (Fsp3) is 0.267. The lowest BCUT2D eigenvalue weighted by Gasteiger charge is -2.09. The van der Waals surface area contributed by atoms with Crippen molar-refractivity contribution >= 4 is 17.3 Å². The number of nitrogens with one attached hydrogen (secondary N) is 1. The van der Waals surface area contributed by atoms with Gasteiger partial charge in [-0.15, -0.1) is 0 Å². The van der Waals surface area contributed by atoms with Gasteiger partial charge in [0.25, 0.3) is 5.91 Å². The van der Waals surface area contributed by atoms with E-state index in [0.29, 0.717) is 34.7 Å². The summed E-state index contributed by atoms with van der Waals surface area (Å²) in [5.41, 5.74) is 9.35. The minimum Gasteiger partial charge on any atom is -0.395 e. The van der Waals surface area contributed by atoms with Crippen molar-refractivity contribution in [2.24, 2.45) is 7.05 Å². The minimum absolute atomic E-state index is 0.327. The molecule has 0 aliphatic rings. The van der Waals surface area contributed by atoms with Crippen molar-refractivity contribution in [2.75, 3.05) is 11.1 Å². The Hall–Kier alpha value is -2.81. The van der Waals surface area contributed by atoms with E-state index in [9.17, 15) is 4.79 Å². The van der Waals surface area contributed by atoms with Crippen LogP contribution in [-0.2, 0) is 13.5 Å². The lowest BCUT2D eigenvalue weighted by molar-refractivity contribution is 0.101. The van der Waals surface area contributed by atoms with Crippen molar-refractivity contribution in [2.45, 2.75) is 20.3 Å². The number of nitrogen functional groups attached to an aromatic ring is 1. The average Bonchev–Trinajstić information content (AvgIpc) is 2.75. The lowest BCUT2D eigenvalue weighted by Crippen LogP contribution is -2.18. The van der Waals surface area contributed by atoms with Crippen LogP contribution in [-0.4, -0.2) is 15.7 Å². The Morgan fingerprint density at radius 2 is 2.24 bits per heavy atom. The molecule has 0 spiro atoms. The van der Waals surface area contributed by atoms with E-state index in [0.717, 1.165) is 5.56 Å². The Balaban J connectivity index is 2.35. The van der Waals surface area contributed by atoms with Crippen LogP contribution >= 0.6 is 0 Å². The molecule has 2 rings (SSSR count). The number of carbonyl (C=O) groups excluding carboxylic acids is 1. The minimum atomic E-state index is -0.333. The Morgan fingerprint density at radius 3 is 2.81 bits per heavy atom. The Bertz CT molecular complexity index is 739. The highest BCUT2D eigenvalue weighted by molar-refractivity contribution is 6.07. The van der Waals surface area contributed by atoms with Gasteiger partial charge in [-0.05, 0) is 31.0 Å². The van der Waals surface area contributed by atoms with Gasteiger partial charge >= 0.3 is 0 Å². The molecule has 0 radical (unpaired) electrons. The molecule has 0 unspecified atom stereocenters. The van der Waals surface area contributed by atoms with Crippen molar-refractivity contribution in [3.05, 3.63) is 40.7 Å². The molecule has 1 amide bonds. The Kier molecular flexibility index (Phi) is 3.94. The van der Waals surface area contributed by atoms with Crippen LogP contribution in [0.15, 0.2) is 18.2 Å². The summed E-state index contributed by atoms with van der Waals surface area (Å²) in [6.45, 7) is 3.79. The van der Waals surface area contributed by atoms with Crippen LogP contribution in [0.4, 0.5) is 11.4 Å². The largest absolute Gasteiger partial charge is 0.395 e. The highest BCUT2D eigenvalue weighted by Gasteiger charge is 2.19. The normalized spacial score (nSPS) is 10.2. The molecule has 0 fully saturated rings. The van der Waals surface area contributed by atoms with Gasteiger partial charge in [0, 0.05) is 12.7 Å². The van der Waals surface area contributed by atoms with Gasteiger partial charge in [0.2, 0.25) is 0 Å². The highest BCUT2D eigenvalue weighted by Crippen LogP contribution is 2.21. The lowest BCUT2D eigenvalue weighted by atomic mass is 10.1. The zero-order valence-corrected chi connectivity index (χ0v) is 12.3. The third-order valence-electron chi connectivity index (χ3n) is 3.33. The predicted octanol–water partition coefficient (Wildman–Crippen LogP) is 2.00. The van der Waals surface area contributed by atoms with E-state index in [2.05, 4.69) is 16.5 Å². The van der Waals surface area contributed by atoms with Gasteiger partial charge in [0.1, 0.15) is 5.69 Å². The molecule has 2 aromatic rings. The molecule has 3 N–H and O–H groups in total. The molecule has 6 heteroatoms. The monoisotopic (exact) mass is 283 g/mol. The molecule has 1 aromatic carbocycles.